The van der Waals surface area contributed by atoms with Crippen molar-refractivity contribution in [2.75, 3.05) is 13.1 Å². The summed E-state index contributed by atoms with van der Waals surface area (Å²) in [5, 5.41) is 0. The summed E-state index contributed by atoms with van der Waals surface area (Å²) in [6.45, 7) is 8.14. The summed E-state index contributed by atoms with van der Waals surface area (Å²) < 4.78 is 0. The van der Waals surface area contributed by atoms with Crippen molar-refractivity contribution < 1.29 is 0 Å². The molecule has 3 heteroatoms. The fourth-order valence-corrected chi connectivity index (χ4v) is 2.16. The molecule has 0 aliphatic carbocycles. The third-order valence-corrected chi connectivity index (χ3v) is 3.21. The highest BCUT2D eigenvalue weighted by Gasteiger charge is 2.17. The van der Waals surface area contributed by atoms with E-state index in [4.69, 9.17) is 5.73 Å². The van der Waals surface area contributed by atoms with E-state index in [2.05, 4.69) is 29.8 Å². The molecule has 0 aromatic carbocycles. The van der Waals surface area contributed by atoms with Crippen LogP contribution in [0.1, 0.15) is 29.4 Å². The molecule has 2 N–H and O–H groups in total. The van der Waals surface area contributed by atoms with Crippen LogP contribution < -0.4 is 5.73 Å². The van der Waals surface area contributed by atoms with Gasteiger partial charge in [-0.05, 0) is 30.7 Å². The van der Waals surface area contributed by atoms with Crippen LogP contribution in [0, 0.1) is 6.92 Å². The Bertz CT molecular complexity index is 360. The van der Waals surface area contributed by atoms with Crippen molar-refractivity contribution in [3.05, 3.63) is 28.6 Å². The fourth-order valence-electron chi connectivity index (χ4n) is 2.16. The number of hydrogen-bond acceptors (Lipinski definition) is 3. The van der Waals surface area contributed by atoms with Gasteiger partial charge in [-0.25, -0.2) is 0 Å². The summed E-state index contributed by atoms with van der Waals surface area (Å²) in [6.07, 6.45) is 1.08. The van der Waals surface area contributed by atoms with E-state index in [0.717, 1.165) is 31.7 Å². The molecule has 1 aliphatic rings. The van der Waals surface area contributed by atoms with Crippen molar-refractivity contribution in [3.8, 4) is 0 Å². The van der Waals surface area contributed by atoms with Gasteiger partial charge in [-0.1, -0.05) is 6.92 Å². The van der Waals surface area contributed by atoms with Gasteiger partial charge in [-0.2, -0.15) is 0 Å². The van der Waals surface area contributed by atoms with E-state index in [1.54, 1.807) is 0 Å². The molecule has 1 aliphatic heterocycles. The zero-order chi connectivity index (χ0) is 10.8. The van der Waals surface area contributed by atoms with Crippen molar-refractivity contribution in [3.63, 3.8) is 0 Å². The molecule has 1 aromatic heterocycles. The summed E-state index contributed by atoms with van der Waals surface area (Å²) in [5.74, 6) is 0. The first-order chi connectivity index (χ1) is 7.24. The first kappa shape index (κ1) is 10.6. The maximum atomic E-state index is 5.70. The monoisotopic (exact) mass is 205 g/mol. The molecule has 0 fully saturated rings. The second kappa shape index (κ2) is 4.29. The molecule has 2 rings (SSSR count). The SMILES string of the molecule is CCN1CCc2nc(C)c(CN)cc2C1. The second-order valence-corrected chi connectivity index (χ2v) is 4.16. The van der Waals surface area contributed by atoms with Crippen LogP contribution in [0.3, 0.4) is 0 Å². The molecule has 0 saturated carbocycles. The van der Waals surface area contributed by atoms with Crippen LogP contribution in [0.15, 0.2) is 6.07 Å². The van der Waals surface area contributed by atoms with Crippen LogP contribution in [0.4, 0.5) is 0 Å². The maximum absolute atomic E-state index is 5.70. The minimum atomic E-state index is 0.595. The van der Waals surface area contributed by atoms with E-state index in [9.17, 15) is 0 Å². The molecule has 0 atom stereocenters. The number of aromatic nitrogens is 1. The summed E-state index contributed by atoms with van der Waals surface area (Å²) in [7, 11) is 0. The first-order valence-corrected chi connectivity index (χ1v) is 5.65. The molecule has 0 radical (unpaired) electrons. The van der Waals surface area contributed by atoms with Gasteiger partial charge in [0, 0.05) is 37.4 Å². The van der Waals surface area contributed by atoms with Gasteiger partial charge in [-0.15, -0.1) is 0 Å². The van der Waals surface area contributed by atoms with Crippen molar-refractivity contribution in [1.29, 1.82) is 0 Å². The highest BCUT2D eigenvalue weighted by molar-refractivity contribution is 5.31. The lowest BCUT2D eigenvalue weighted by atomic mass is 10.0. The average molecular weight is 205 g/mol. The Morgan fingerprint density at radius 2 is 2.33 bits per heavy atom. The van der Waals surface area contributed by atoms with Gasteiger partial charge in [-0.3, -0.25) is 9.88 Å². The molecular weight excluding hydrogens is 186 g/mol. The van der Waals surface area contributed by atoms with Crippen LogP contribution in [0.5, 0.6) is 0 Å². The zero-order valence-corrected chi connectivity index (χ0v) is 9.58. The lowest BCUT2D eigenvalue weighted by Crippen LogP contribution is -2.31. The van der Waals surface area contributed by atoms with Crippen molar-refractivity contribution in [2.24, 2.45) is 5.73 Å². The maximum Gasteiger partial charge on any atom is 0.0464 e. The van der Waals surface area contributed by atoms with Crippen molar-refractivity contribution >= 4 is 0 Å². The molecule has 0 amide bonds. The minimum Gasteiger partial charge on any atom is -0.326 e. The molecule has 0 spiro atoms. The Kier molecular flexibility index (Phi) is 3.03. The highest BCUT2D eigenvalue weighted by atomic mass is 15.1. The Labute approximate surface area is 91.3 Å². The molecule has 82 valence electrons. The Hall–Kier alpha value is -0.930. The predicted molar refractivity (Wildman–Crippen MR) is 61.5 cm³/mol. The number of hydrogen-bond donors (Lipinski definition) is 1. The third kappa shape index (κ3) is 2.03. The average Bonchev–Trinajstić information content (AvgIpc) is 2.27. The van der Waals surface area contributed by atoms with Gasteiger partial charge in [0.15, 0.2) is 0 Å². The molecular formula is C12H19N3. The van der Waals surface area contributed by atoms with Gasteiger partial charge >= 0.3 is 0 Å². The number of pyridine rings is 1. The van der Waals surface area contributed by atoms with E-state index < -0.39 is 0 Å². The van der Waals surface area contributed by atoms with Crippen LogP contribution in [0.25, 0.3) is 0 Å². The topological polar surface area (TPSA) is 42.2 Å². The van der Waals surface area contributed by atoms with E-state index in [1.165, 1.54) is 16.8 Å². The lowest BCUT2D eigenvalue weighted by molar-refractivity contribution is 0.265. The van der Waals surface area contributed by atoms with Crippen LogP contribution in [0.2, 0.25) is 0 Å². The number of likely N-dealkylation sites (N-methyl/N-ethyl adjacent to an activating group) is 1. The molecule has 1 aromatic rings. The zero-order valence-electron chi connectivity index (χ0n) is 9.58. The van der Waals surface area contributed by atoms with Gasteiger partial charge in [0.25, 0.3) is 0 Å². The van der Waals surface area contributed by atoms with Crippen molar-refractivity contribution in [1.82, 2.24) is 9.88 Å². The van der Waals surface area contributed by atoms with Gasteiger partial charge in [0.05, 0.1) is 0 Å². The van der Waals surface area contributed by atoms with Crippen LogP contribution in [-0.2, 0) is 19.5 Å². The molecule has 3 nitrogen and oxygen atoms in total. The first-order valence-electron chi connectivity index (χ1n) is 5.65. The van der Waals surface area contributed by atoms with E-state index in [1.807, 2.05) is 0 Å². The predicted octanol–water partition coefficient (Wildman–Crippen LogP) is 1.23. The smallest absolute Gasteiger partial charge is 0.0464 e. The summed E-state index contributed by atoms with van der Waals surface area (Å²) in [5.41, 5.74) is 10.6. The molecule has 0 unspecified atom stereocenters. The third-order valence-electron chi connectivity index (χ3n) is 3.21. The highest BCUT2D eigenvalue weighted by Crippen LogP contribution is 2.19. The minimum absolute atomic E-state index is 0.595. The van der Waals surface area contributed by atoms with Crippen molar-refractivity contribution in [2.45, 2.75) is 33.4 Å². The lowest BCUT2D eigenvalue weighted by Gasteiger charge is -2.27. The van der Waals surface area contributed by atoms with Gasteiger partial charge < -0.3 is 5.73 Å². The molecule has 0 bridgehead atoms. The van der Waals surface area contributed by atoms with Gasteiger partial charge in [0.2, 0.25) is 0 Å². The largest absolute Gasteiger partial charge is 0.326 e. The number of nitrogens with two attached hydrogens (primary N) is 1. The number of rotatable bonds is 2. The number of nitrogens with zero attached hydrogens (tertiary/aromatic N) is 2. The fraction of sp³-hybridized carbons (Fsp3) is 0.583. The van der Waals surface area contributed by atoms with Gasteiger partial charge in [0.1, 0.15) is 0 Å². The standard InChI is InChI=1S/C12H19N3/c1-3-15-5-4-12-11(8-15)6-10(7-13)9(2)14-12/h6H,3-5,7-8,13H2,1-2H3. The Balaban J connectivity index is 2.33. The van der Waals surface area contributed by atoms with E-state index >= 15 is 0 Å². The molecule has 0 saturated heterocycles. The summed E-state index contributed by atoms with van der Waals surface area (Å²) in [4.78, 5) is 7.09. The molecule has 2 heterocycles. The number of aryl methyl sites for hydroxylation is 1. The number of fused-ring (bicyclic) bond motifs is 1. The molecule has 15 heavy (non-hydrogen) atoms. The summed E-state index contributed by atoms with van der Waals surface area (Å²) in [6, 6.07) is 2.24. The van der Waals surface area contributed by atoms with Crippen LogP contribution in [-0.4, -0.2) is 23.0 Å². The normalized spacial score (nSPS) is 16.5. The Morgan fingerprint density at radius 1 is 1.53 bits per heavy atom. The van der Waals surface area contributed by atoms with Crippen LogP contribution >= 0.6 is 0 Å². The van der Waals surface area contributed by atoms with E-state index in [-0.39, 0.29) is 0 Å². The Morgan fingerprint density at radius 3 is 3.00 bits per heavy atom. The summed E-state index contributed by atoms with van der Waals surface area (Å²) >= 11 is 0. The second-order valence-electron chi connectivity index (χ2n) is 4.16. The quantitative estimate of drug-likeness (QED) is 0.789. The van der Waals surface area contributed by atoms with E-state index in [0.29, 0.717) is 6.54 Å².